The Balaban J connectivity index is 2.38. The van der Waals surface area contributed by atoms with Crippen LogP contribution in [0.15, 0.2) is 48.5 Å². The average Bonchev–Trinajstić information content (AvgIpc) is 2.37. The van der Waals surface area contributed by atoms with Crippen LogP contribution in [-0.4, -0.2) is 5.78 Å². The van der Waals surface area contributed by atoms with E-state index in [0.29, 0.717) is 17.7 Å². The summed E-state index contributed by atoms with van der Waals surface area (Å²) in [5.41, 5.74) is -1.20. The molecule has 2 aromatic carbocycles. The third-order valence-corrected chi connectivity index (χ3v) is 2.57. The lowest BCUT2D eigenvalue weighted by molar-refractivity contribution is -0.140. The molecule has 0 saturated carbocycles. The molecule has 2 rings (SSSR count). The molecular formula is C14H8F4O. The Kier molecular flexibility index (Phi) is 3.38. The minimum atomic E-state index is -4.77. The summed E-state index contributed by atoms with van der Waals surface area (Å²) < 4.78 is 50.5. The van der Waals surface area contributed by atoms with E-state index in [1.165, 1.54) is 12.1 Å². The molecule has 0 amide bonds. The molecule has 0 bridgehead atoms. The molecule has 0 aliphatic carbocycles. The zero-order valence-electron chi connectivity index (χ0n) is 9.54. The molecule has 0 unspecified atom stereocenters. The Morgan fingerprint density at radius 1 is 0.895 bits per heavy atom. The van der Waals surface area contributed by atoms with Gasteiger partial charge in [-0.3, -0.25) is 4.79 Å². The molecule has 98 valence electrons. The van der Waals surface area contributed by atoms with E-state index in [4.69, 9.17) is 0 Å². The number of ketones is 1. The maximum atomic E-state index is 13.3. The van der Waals surface area contributed by atoms with Crippen LogP contribution in [0.3, 0.4) is 0 Å². The van der Waals surface area contributed by atoms with Crippen LogP contribution in [0, 0.1) is 5.82 Å². The summed E-state index contributed by atoms with van der Waals surface area (Å²) in [6.45, 7) is 0. The van der Waals surface area contributed by atoms with Gasteiger partial charge >= 0.3 is 6.18 Å². The molecule has 0 radical (unpaired) electrons. The van der Waals surface area contributed by atoms with Crippen molar-refractivity contribution in [1.82, 2.24) is 0 Å². The first-order chi connectivity index (χ1) is 8.89. The monoisotopic (exact) mass is 268 g/mol. The van der Waals surface area contributed by atoms with Crippen molar-refractivity contribution in [2.45, 2.75) is 6.18 Å². The van der Waals surface area contributed by atoms with E-state index in [-0.39, 0.29) is 5.56 Å². The Bertz CT molecular complexity index is 603. The number of benzene rings is 2. The highest BCUT2D eigenvalue weighted by atomic mass is 19.4. The van der Waals surface area contributed by atoms with Gasteiger partial charge in [0, 0.05) is 11.1 Å². The summed E-state index contributed by atoms with van der Waals surface area (Å²) in [5.74, 6) is -1.97. The number of carbonyl (C=O) groups excluding carboxylic acids is 1. The second-order valence-electron chi connectivity index (χ2n) is 3.89. The van der Waals surface area contributed by atoms with E-state index in [1.807, 2.05) is 0 Å². The SMILES string of the molecule is O=C(c1ccccc1)c1ccc(C(F)(F)F)c(F)c1. The van der Waals surface area contributed by atoms with Gasteiger partial charge in [0.2, 0.25) is 0 Å². The first kappa shape index (κ1) is 13.3. The topological polar surface area (TPSA) is 17.1 Å². The molecule has 0 heterocycles. The molecule has 0 saturated heterocycles. The lowest BCUT2D eigenvalue weighted by Crippen LogP contribution is -2.10. The number of rotatable bonds is 2. The third kappa shape index (κ3) is 2.81. The molecule has 0 aliphatic heterocycles. The molecule has 0 atom stereocenters. The van der Waals surface area contributed by atoms with E-state index in [0.717, 1.165) is 6.07 Å². The minimum Gasteiger partial charge on any atom is -0.289 e. The van der Waals surface area contributed by atoms with Crippen molar-refractivity contribution in [3.05, 3.63) is 71.0 Å². The summed E-state index contributed by atoms with van der Waals surface area (Å²) in [4.78, 5) is 11.9. The number of halogens is 4. The van der Waals surface area contributed by atoms with Crippen molar-refractivity contribution < 1.29 is 22.4 Å². The number of carbonyl (C=O) groups is 1. The van der Waals surface area contributed by atoms with E-state index in [9.17, 15) is 22.4 Å². The molecule has 0 aromatic heterocycles. The fourth-order valence-corrected chi connectivity index (χ4v) is 1.64. The summed E-state index contributed by atoms with van der Waals surface area (Å²) in [5, 5.41) is 0. The molecule has 5 heteroatoms. The fraction of sp³-hybridized carbons (Fsp3) is 0.0714. The highest BCUT2D eigenvalue weighted by molar-refractivity contribution is 6.08. The predicted molar refractivity (Wildman–Crippen MR) is 61.3 cm³/mol. The van der Waals surface area contributed by atoms with Gasteiger partial charge in [0.05, 0.1) is 5.56 Å². The van der Waals surface area contributed by atoms with E-state index in [1.54, 1.807) is 18.2 Å². The van der Waals surface area contributed by atoms with Gasteiger partial charge in [-0.2, -0.15) is 13.2 Å². The normalized spacial score (nSPS) is 11.4. The zero-order valence-corrected chi connectivity index (χ0v) is 9.54. The molecule has 0 N–H and O–H groups in total. The predicted octanol–water partition coefficient (Wildman–Crippen LogP) is 4.08. The highest BCUT2D eigenvalue weighted by Crippen LogP contribution is 2.31. The average molecular weight is 268 g/mol. The van der Waals surface area contributed by atoms with Gasteiger partial charge in [-0.25, -0.2) is 4.39 Å². The van der Waals surface area contributed by atoms with Gasteiger partial charge < -0.3 is 0 Å². The van der Waals surface area contributed by atoms with Gasteiger partial charge in [0.1, 0.15) is 5.82 Å². The Labute approximate surface area is 106 Å². The second-order valence-corrected chi connectivity index (χ2v) is 3.89. The molecule has 0 fully saturated rings. The van der Waals surface area contributed by atoms with Crippen molar-refractivity contribution in [2.24, 2.45) is 0 Å². The summed E-state index contributed by atoms with van der Waals surface area (Å²) in [6, 6.07) is 10.1. The van der Waals surface area contributed by atoms with Crippen molar-refractivity contribution in [2.75, 3.05) is 0 Å². The van der Waals surface area contributed by atoms with Crippen molar-refractivity contribution >= 4 is 5.78 Å². The van der Waals surface area contributed by atoms with E-state index >= 15 is 0 Å². The summed E-state index contributed by atoms with van der Waals surface area (Å²) >= 11 is 0. The van der Waals surface area contributed by atoms with Crippen LogP contribution in [-0.2, 0) is 6.18 Å². The lowest BCUT2D eigenvalue weighted by atomic mass is 10.0. The van der Waals surface area contributed by atoms with Crippen LogP contribution >= 0.6 is 0 Å². The molecule has 1 nitrogen and oxygen atoms in total. The van der Waals surface area contributed by atoms with Crippen molar-refractivity contribution in [3.63, 3.8) is 0 Å². The van der Waals surface area contributed by atoms with Crippen LogP contribution < -0.4 is 0 Å². The van der Waals surface area contributed by atoms with Gasteiger partial charge in [-0.15, -0.1) is 0 Å². The molecule has 2 aromatic rings. The van der Waals surface area contributed by atoms with E-state index < -0.39 is 23.3 Å². The van der Waals surface area contributed by atoms with E-state index in [2.05, 4.69) is 0 Å². The van der Waals surface area contributed by atoms with Crippen LogP contribution in [0.5, 0.6) is 0 Å². The van der Waals surface area contributed by atoms with Gasteiger partial charge in [0.25, 0.3) is 0 Å². The minimum absolute atomic E-state index is 0.114. The van der Waals surface area contributed by atoms with Crippen molar-refractivity contribution in [1.29, 1.82) is 0 Å². The van der Waals surface area contributed by atoms with Gasteiger partial charge in [-0.05, 0) is 12.1 Å². The first-order valence-corrected chi connectivity index (χ1v) is 5.36. The largest absolute Gasteiger partial charge is 0.419 e. The maximum Gasteiger partial charge on any atom is 0.419 e. The van der Waals surface area contributed by atoms with Crippen LogP contribution in [0.4, 0.5) is 17.6 Å². The standard InChI is InChI=1S/C14H8F4O/c15-12-8-10(6-7-11(12)14(16,17)18)13(19)9-4-2-1-3-5-9/h1-8H. The summed E-state index contributed by atoms with van der Waals surface area (Å²) in [6.07, 6.45) is -4.77. The Morgan fingerprint density at radius 2 is 1.53 bits per heavy atom. The van der Waals surface area contributed by atoms with Gasteiger partial charge in [-0.1, -0.05) is 36.4 Å². The highest BCUT2D eigenvalue weighted by Gasteiger charge is 2.34. The lowest BCUT2D eigenvalue weighted by Gasteiger charge is -2.09. The Morgan fingerprint density at radius 3 is 2.05 bits per heavy atom. The zero-order chi connectivity index (χ0) is 14.0. The number of alkyl halides is 3. The Hall–Kier alpha value is -2.17. The maximum absolute atomic E-state index is 13.3. The summed E-state index contributed by atoms with van der Waals surface area (Å²) in [7, 11) is 0. The number of hydrogen-bond acceptors (Lipinski definition) is 1. The first-order valence-electron chi connectivity index (χ1n) is 5.36. The van der Waals surface area contributed by atoms with Crippen LogP contribution in [0.25, 0.3) is 0 Å². The number of hydrogen-bond donors (Lipinski definition) is 0. The quantitative estimate of drug-likeness (QED) is 0.592. The fourth-order valence-electron chi connectivity index (χ4n) is 1.64. The third-order valence-electron chi connectivity index (χ3n) is 2.57. The van der Waals surface area contributed by atoms with Gasteiger partial charge in [0.15, 0.2) is 5.78 Å². The van der Waals surface area contributed by atoms with Crippen LogP contribution in [0.1, 0.15) is 21.5 Å². The second kappa shape index (κ2) is 4.84. The smallest absolute Gasteiger partial charge is 0.289 e. The molecule has 19 heavy (non-hydrogen) atoms. The molecule has 0 aliphatic rings. The molecule has 0 spiro atoms. The van der Waals surface area contributed by atoms with Crippen molar-refractivity contribution in [3.8, 4) is 0 Å². The van der Waals surface area contributed by atoms with Crippen LogP contribution in [0.2, 0.25) is 0 Å². The molecular weight excluding hydrogens is 260 g/mol.